The molecule has 2 aromatic carbocycles. The second-order valence-electron chi connectivity index (χ2n) is 3.83. The Labute approximate surface area is 144 Å². The molecular weight excluding hydrogens is 408 g/mol. The van der Waals surface area contributed by atoms with E-state index in [1.807, 2.05) is 0 Å². The molecule has 0 unspecified atom stereocenters. The van der Waals surface area contributed by atoms with E-state index in [0.29, 0.717) is 25.8 Å². The minimum Gasteiger partial charge on any atom is -0.319 e. The van der Waals surface area contributed by atoms with E-state index < -0.39 is 0 Å². The fourth-order valence-corrected chi connectivity index (χ4v) is 2.89. The molecular formula is C13H6BrCl4NO. The molecule has 20 heavy (non-hydrogen) atoms. The Morgan fingerprint density at radius 1 is 0.950 bits per heavy atom. The summed E-state index contributed by atoms with van der Waals surface area (Å²) in [5, 5.41) is 4.09. The summed E-state index contributed by atoms with van der Waals surface area (Å²) in [6.07, 6.45) is 0. The molecule has 0 radical (unpaired) electrons. The van der Waals surface area contributed by atoms with Gasteiger partial charge < -0.3 is 5.32 Å². The summed E-state index contributed by atoms with van der Waals surface area (Å²) < 4.78 is 0.625. The number of carbonyl (C=O) groups excluding carboxylic acids is 1. The van der Waals surface area contributed by atoms with Crippen molar-refractivity contribution in [1.29, 1.82) is 0 Å². The average molecular weight is 414 g/mol. The molecule has 2 rings (SSSR count). The second-order valence-corrected chi connectivity index (χ2v) is 6.34. The number of hydrogen-bond acceptors (Lipinski definition) is 1. The van der Waals surface area contributed by atoms with Crippen LogP contribution >= 0.6 is 62.3 Å². The first-order valence-electron chi connectivity index (χ1n) is 5.29. The van der Waals surface area contributed by atoms with Crippen molar-refractivity contribution in [2.24, 2.45) is 0 Å². The Bertz CT molecular complexity index is 667. The van der Waals surface area contributed by atoms with Gasteiger partial charge in [-0.1, -0.05) is 46.4 Å². The summed E-state index contributed by atoms with van der Waals surface area (Å²) in [6.45, 7) is 0. The topological polar surface area (TPSA) is 29.1 Å². The van der Waals surface area contributed by atoms with Crippen molar-refractivity contribution in [1.82, 2.24) is 0 Å². The van der Waals surface area contributed by atoms with Gasteiger partial charge in [0.2, 0.25) is 0 Å². The predicted molar refractivity (Wildman–Crippen MR) is 88.6 cm³/mol. The van der Waals surface area contributed by atoms with Crippen LogP contribution in [0.1, 0.15) is 10.4 Å². The van der Waals surface area contributed by atoms with Gasteiger partial charge in [-0.2, -0.15) is 0 Å². The highest BCUT2D eigenvalue weighted by Crippen LogP contribution is 2.34. The number of halogens is 5. The van der Waals surface area contributed by atoms with Crippen molar-refractivity contribution in [3.8, 4) is 0 Å². The molecule has 0 fully saturated rings. The smallest absolute Gasteiger partial charge is 0.255 e. The molecule has 104 valence electrons. The van der Waals surface area contributed by atoms with E-state index in [4.69, 9.17) is 46.4 Å². The van der Waals surface area contributed by atoms with Gasteiger partial charge in [0.1, 0.15) is 0 Å². The molecule has 0 aliphatic carbocycles. The third-order valence-corrected chi connectivity index (χ3v) is 4.46. The highest BCUT2D eigenvalue weighted by atomic mass is 79.9. The third-order valence-electron chi connectivity index (χ3n) is 2.43. The zero-order valence-electron chi connectivity index (χ0n) is 9.68. The van der Waals surface area contributed by atoms with Gasteiger partial charge in [0.25, 0.3) is 5.91 Å². The third kappa shape index (κ3) is 3.60. The maximum atomic E-state index is 12.1. The fraction of sp³-hybridized carbons (Fsp3) is 0. The lowest BCUT2D eigenvalue weighted by molar-refractivity contribution is 0.102. The Hall–Kier alpha value is -0.450. The quantitative estimate of drug-likeness (QED) is 0.613. The maximum absolute atomic E-state index is 12.1. The van der Waals surface area contributed by atoms with Gasteiger partial charge in [-0.25, -0.2) is 0 Å². The summed E-state index contributed by atoms with van der Waals surface area (Å²) in [5.74, 6) is -0.353. The van der Waals surface area contributed by atoms with Gasteiger partial charge >= 0.3 is 0 Å². The molecule has 0 atom stereocenters. The van der Waals surface area contributed by atoms with Crippen LogP contribution in [0.15, 0.2) is 34.8 Å². The van der Waals surface area contributed by atoms with Crippen LogP contribution in [0, 0.1) is 0 Å². The first-order valence-corrected chi connectivity index (χ1v) is 7.60. The first-order chi connectivity index (χ1) is 9.38. The van der Waals surface area contributed by atoms with Gasteiger partial charge in [0.15, 0.2) is 0 Å². The van der Waals surface area contributed by atoms with E-state index in [1.54, 1.807) is 18.2 Å². The lowest BCUT2D eigenvalue weighted by Gasteiger charge is -2.10. The van der Waals surface area contributed by atoms with E-state index in [2.05, 4.69) is 21.2 Å². The van der Waals surface area contributed by atoms with Crippen LogP contribution in [-0.2, 0) is 0 Å². The lowest BCUT2D eigenvalue weighted by Crippen LogP contribution is -2.12. The molecule has 1 amide bonds. The minimum atomic E-state index is -0.353. The lowest BCUT2D eigenvalue weighted by atomic mass is 10.2. The second kappa shape index (κ2) is 6.54. The molecule has 0 spiro atoms. The zero-order chi connectivity index (χ0) is 14.9. The molecule has 0 saturated carbocycles. The number of anilines is 1. The van der Waals surface area contributed by atoms with Crippen LogP contribution in [0.3, 0.4) is 0 Å². The summed E-state index contributed by atoms with van der Waals surface area (Å²) >= 11 is 27.0. The standard InChI is InChI=1S/C13H6BrCl4NO/c14-8-3-6(1-2-9(8)16)13(20)19-12-10(17)4-7(15)5-11(12)18/h1-5H,(H,19,20). The Morgan fingerprint density at radius 2 is 1.55 bits per heavy atom. The van der Waals surface area contributed by atoms with E-state index in [1.165, 1.54) is 12.1 Å². The highest BCUT2D eigenvalue weighted by Gasteiger charge is 2.13. The van der Waals surface area contributed by atoms with Gasteiger partial charge in [0, 0.05) is 15.1 Å². The van der Waals surface area contributed by atoms with Crippen LogP contribution in [0.4, 0.5) is 5.69 Å². The molecule has 0 heterocycles. The highest BCUT2D eigenvalue weighted by molar-refractivity contribution is 9.10. The normalized spacial score (nSPS) is 10.4. The van der Waals surface area contributed by atoms with E-state index >= 15 is 0 Å². The van der Waals surface area contributed by atoms with E-state index in [9.17, 15) is 4.79 Å². The average Bonchev–Trinajstić information content (AvgIpc) is 2.36. The number of hydrogen-bond donors (Lipinski definition) is 1. The molecule has 0 aliphatic rings. The Balaban J connectivity index is 2.30. The monoisotopic (exact) mass is 411 g/mol. The predicted octanol–water partition coefficient (Wildman–Crippen LogP) is 6.32. The van der Waals surface area contributed by atoms with Crippen molar-refractivity contribution < 1.29 is 4.79 Å². The molecule has 0 saturated heterocycles. The maximum Gasteiger partial charge on any atom is 0.255 e. The Kier molecular flexibility index (Phi) is 5.21. The summed E-state index contributed by atoms with van der Waals surface area (Å²) in [6, 6.07) is 7.83. The van der Waals surface area contributed by atoms with Crippen molar-refractivity contribution in [2.45, 2.75) is 0 Å². The number of rotatable bonds is 2. The van der Waals surface area contributed by atoms with Crippen molar-refractivity contribution in [3.63, 3.8) is 0 Å². The fourth-order valence-electron chi connectivity index (χ4n) is 1.48. The number of benzene rings is 2. The molecule has 7 heteroatoms. The van der Waals surface area contributed by atoms with Crippen molar-refractivity contribution >= 4 is 73.9 Å². The molecule has 0 bridgehead atoms. The van der Waals surface area contributed by atoms with E-state index in [0.717, 1.165) is 0 Å². The minimum absolute atomic E-state index is 0.267. The summed E-state index contributed by atoms with van der Waals surface area (Å²) in [7, 11) is 0. The molecule has 0 aromatic heterocycles. The van der Waals surface area contributed by atoms with E-state index in [-0.39, 0.29) is 16.0 Å². The largest absolute Gasteiger partial charge is 0.319 e. The molecule has 2 aromatic rings. The van der Waals surface area contributed by atoms with Crippen LogP contribution < -0.4 is 5.32 Å². The molecule has 0 aliphatic heterocycles. The summed E-state index contributed by atoms with van der Waals surface area (Å²) in [5.41, 5.74) is 0.733. The van der Waals surface area contributed by atoms with Crippen LogP contribution in [0.5, 0.6) is 0 Å². The first kappa shape index (κ1) is 15.9. The Morgan fingerprint density at radius 3 is 2.10 bits per heavy atom. The van der Waals surface area contributed by atoms with Gasteiger partial charge in [-0.05, 0) is 46.3 Å². The van der Waals surface area contributed by atoms with Crippen LogP contribution in [-0.4, -0.2) is 5.91 Å². The van der Waals surface area contributed by atoms with Crippen LogP contribution in [0.2, 0.25) is 20.1 Å². The molecule has 1 N–H and O–H groups in total. The van der Waals surface area contributed by atoms with Crippen LogP contribution in [0.25, 0.3) is 0 Å². The summed E-state index contributed by atoms with van der Waals surface area (Å²) in [4.78, 5) is 12.1. The van der Waals surface area contributed by atoms with Crippen molar-refractivity contribution in [3.05, 3.63) is 60.5 Å². The SMILES string of the molecule is O=C(Nc1c(Cl)cc(Cl)cc1Cl)c1ccc(Cl)c(Br)c1. The van der Waals surface area contributed by atoms with Gasteiger partial charge in [-0.3, -0.25) is 4.79 Å². The number of nitrogens with one attached hydrogen (secondary N) is 1. The molecule has 2 nitrogen and oxygen atoms in total. The number of carbonyl (C=O) groups is 1. The van der Waals surface area contributed by atoms with Gasteiger partial charge in [0.05, 0.1) is 20.8 Å². The zero-order valence-corrected chi connectivity index (χ0v) is 14.3. The van der Waals surface area contributed by atoms with Crippen molar-refractivity contribution in [2.75, 3.05) is 5.32 Å². The van der Waals surface area contributed by atoms with Gasteiger partial charge in [-0.15, -0.1) is 0 Å². The number of amides is 1.